The maximum atomic E-state index is 6.38. The molecule has 6 heteroatoms. The number of fused-ring (bicyclic) bond motifs is 2. The van der Waals surface area contributed by atoms with Gasteiger partial charge in [0.25, 0.3) is 0 Å². The molecule has 0 atom stereocenters. The van der Waals surface area contributed by atoms with Gasteiger partial charge >= 0.3 is 0 Å². The van der Waals surface area contributed by atoms with E-state index in [1.807, 2.05) is 37.4 Å². The first-order valence-corrected chi connectivity index (χ1v) is 9.37. The summed E-state index contributed by atoms with van der Waals surface area (Å²) in [6.07, 6.45) is 5.72. The highest BCUT2D eigenvalue weighted by atomic mass is 35.5. The number of hydrogen-bond acceptors (Lipinski definition) is 3. The van der Waals surface area contributed by atoms with Crippen LogP contribution in [0.15, 0.2) is 55.0 Å². The van der Waals surface area contributed by atoms with Crippen molar-refractivity contribution in [3.05, 3.63) is 71.3 Å². The summed E-state index contributed by atoms with van der Waals surface area (Å²) in [6, 6.07) is 12.0. The molecule has 0 bridgehead atoms. The number of pyridine rings is 1. The number of aromatic amines is 1. The summed E-state index contributed by atoms with van der Waals surface area (Å²) in [5.41, 5.74) is 14.3. The molecule has 3 heterocycles. The molecule has 0 aliphatic carbocycles. The Labute approximate surface area is 166 Å². The fourth-order valence-electron chi connectivity index (χ4n) is 3.78. The number of hydrogen-bond donors (Lipinski definition) is 2. The van der Waals surface area contributed by atoms with E-state index < -0.39 is 0 Å². The van der Waals surface area contributed by atoms with E-state index in [1.54, 1.807) is 6.20 Å². The van der Waals surface area contributed by atoms with Gasteiger partial charge in [0.2, 0.25) is 0 Å². The third-order valence-electron chi connectivity index (χ3n) is 5.31. The molecule has 0 amide bonds. The van der Waals surface area contributed by atoms with E-state index in [4.69, 9.17) is 22.3 Å². The van der Waals surface area contributed by atoms with Crippen molar-refractivity contribution in [2.75, 3.05) is 5.73 Å². The average Bonchev–Trinajstić information content (AvgIpc) is 3.34. The molecular weight excluding hydrogens is 370 g/mol. The third-order valence-corrected chi connectivity index (χ3v) is 5.55. The Bertz CT molecular complexity index is 1350. The number of rotatable bonds is 2. The zero-order chi connectivity index (χ0) is 19.4. The molecule has 3 N–H and O–H groups in total. The van der Waals surface area contributed by atoms with Crippen molar-refractivity contribution < 1.29 is 0 Å². The molecule has 0 radical (unpaired) electrons. The standard InChI is InChI=1S/C22H18ClN5/c1-12-13(2)27-20-4-3-16(23)9-18(20)22(12)28-6-5-17-19(24)7-14(8-21(17)28)15-10-25-26-11-15/h3-11H,24H2,1-2H3,(H,25,26). The van der Waals surface area contributed by atoms with Gasteiger partial charge in [0.1, 0.15) is 0 Å². The molecule has 5 rings (SSSR count). The third kappa shape index (κ3) is 2.47. The lowest BCUT2D eigenvalue weighted by Gasteiger charge is -2.16. The summed E-state index contributed by atoms with van der Waals surface area (Å²) in [5.74, 6) is 0. The SMILES string of the molecule is Cc1nc2ccc(Cl)cc2c(-n2ccc3c(N)cc(-c4cn[nH]c4)cc32)c1C. The number of aromatic nitrogens is 4. The van der Waals surface area contributed by atoms with Gasteiger partial charge < -0.3 is 10.3 Å². The Hall–Kier alpha value is -3.31. The largest absolute Gasteiger partial charge is 0.398 e. The van der Waals surface area contributed by atoms with Gasteiger partial charge in [0.15, 0.2) is 0 Å². The molecule has 138 valence electrons. The maximum Gasteiger partial charge on any atom is 0.0727 e. The fourth-order valence-corrected chi connectivity index (χ4v) is 3.96. The first-order valence-electron chi connectivity index (χ1n) is 8.99. The smallest absolute Gasteiger partial charge is 0.0727 e. The summed E-state index contributed by atoms with van der Waals surface area (Å²) >= 11 is 6.31. The van der Waals surface area contributed by atoms with Crippen LogP contribution >= 0.6 is 11.6 Å². The molecular formula is C22H18ClN5. The normalized spacial score (nSPS) is 11.5. The second-order valence-corrected chi connectivity index (χ2v) is 7.44. The molecule has 28 heavy (non-hydrogen) atoms. The summed E-state index contributed by atoms with van der Waals surface area (Å²) in [6.45, 7) is 4.12. The van der Waals surface area contributed by atoms with Gasteiger partial charge in [-0.15, -0.1) is 0 Å². The molecule has 0 spiro atoms. The van der Waals surface area contributed by atoms with E-state index in [-0.39, 0.29) is 0 Å². The van der Waals surface area contributed by atoms with E-state index >= 15 is 0 Å². The van der Waals surface area contributed by atoms with Crippen molar-refractivity contribution in [3.8, 4) is 16.8 Å². The van der Waals surface area contributed by atoms with Crippen molar-refractivity contribution in [2.45, 2.75) is 13.8 Å². The topological polar surface area (TPSA) is 72.5 Å². The van der Waals surface area contributed by atoms with Gasteiger partial charge in [-0.3, -0.25) is 10.1 Å². The highest BCUT2D eigenvalue weighted by Crippen LogP contribution is 2.35. The second kappa shape index (κ2) is 6.11. The molecule has 0 aliphatic heterocycles. The van der Waals surface area contributed by atoms with Crippen LogP contribution in [0.1, 0.15) is 11.3 Å². The van der Waals surface area contributed by atoms with Crippen LogP contribution in [0.4, 0.5) is 5.69 Å². The average molecular weight is 388 g/mol. The maximum absolute atomic E-state index is 6.38. The Morgan fingerprint density at radius 2 is 1.89 bits per heavy atom. The highest BCUT2D eigenvalue weighted by molar-refractivity contribution is 6.31. The van der Waals surface area contributed by atoms with E-state index in [0.717, 1.165) is 55.6 Å². The van der Waals surface area contributed by atoms with Crippen molar-refractivity contribution in [2.24, 2.45) is 0 Å². The lowest BCUT2D eigenvalue weighted by atomic mass is 10.0. The molecule has 0 unspecified atom stereocenters. The first kappa shape index (κ1) is 16.8. The number of nitrogens with two attached hydrogens (primary N) is 1. The van der Waals surface area contributed by atoms with Crippen LogP contribution in [0.25, 0.3) is 38.6 Å². The predicted molar refractivity (Wildman–Crippen MR) is 115 cm³/mol. The van der Waals surface area contributed by atoms with Crippen LogP contribution in [0, 0.1) is 13.8 Å². The predicted octanol–water partition coefficient (Wildman–Crippen LogP) is 5.42. The number of benzene rings is 2. The van der Waals surface area contributed by atoms with Gasteiger partial charge in [-0.2, -0.15) is 5.10 Å². The van der Waals surface area contributed by atoms with E-state index in [0.29, 0.717) is 5.02 Å². The summed E-state index contributed by atoms with van der Waals surface area (Å²) < 4.78 is 2.18. The van der Waals surface area contributed by atoms with Crippen LogP contribution in [-0.2, 0) is 0 Å². The zero-order valence-corrected chi connectivity index (χ0v) is 16.2. The molecule has 2 aromatic carbocycles. The van der Waals surface area contributed by atoms with E-state index in [9.17, 15) is 0 Å². The Balaban J connectivity index is 1.88. The van der Waals surface area contributed by atoms with Crippen LogP contribution in [-0.4, -0.2) is 19.7 Å². The van der Waals surface area contributed by atoms with Crippen LogP contribution < -0.4 is 5.73 Å². The second-order valence-electron chi connectivity index (χ2n) is 7.00. The monoisotopic (exact) mass is 387 g/mol. The van der Waals surface area contributed by atoms with Crippen molar-refractivity contribution >= 4 is 39.1 Å². The van der Waals surface area contributed by atoms with E-state index in [2.05, 4.69) is 40.0 Å². The van der Waals surface area contributed by atoms with Crippen LogP contribution in [0.2, 0.25) is 5.02 Å². The molecule has 3 aromatic heterocycles. The minimum absolute atomic E-state index is 0.689. The van der Waals surface area contributed by atoms with Crippen molar-refractivity contribution in [1.82, 2.24) is 19.7 Å². The van der Waals surface area contributed by atoms with Crippen molar-refractivity contribution in [1.29, 1.82) is 0 Å². The Kier molecular flexibility index (Phi) is 3.67. The van der Waals surface area contributed by atoms with Gasteiger partial charge in [-0.25, -0.2) is 0 Å². The number of H-pyrrole nitrogens is 1. The number of anilines is 1. The fraction of sp³-hybridized carbons (Fsp3) is 0.0909. The lowest BCUT2D eigenvalue weighted by molar-refractivity contribution is 1.08. The number of nitrogens with one attached hydrogen (secondary N) is 1. The van der Waals surface area contributed by atoms with Gasteiger partial charge in [-0.1, -0.05) is 11.6 Å². The number of nitrogens with zero attached hydrogens (tertiary/aromatic N) is 3. The van der Waals surface area contributed by atoms with E-state index in [1.165, 1.54) is 0 Å². The number of halogens is 1. The summed E-state index contributed by atoms with van der Waals surface area (Å²) in [4.78, 5) is 4.73. The van der Waals surface area contributed by atoms with Crippen LogP contribution in [0.3, 0.4) is 0 Å². The van der Waals surface area contributed by atoms with Gasteiger partial charge in [0, 0.05) is 45.1 Å². The van der Waals surface area contributed by atoms with Crippen molar-refractivity contribution in [3.63, 3.8) is 0 Å². The summed E-state index contributed by atoms with van der Waals surface area (Å²) in [5, 5.41) is 9.63. The zero-order valence-electron chi connectivity index (χ0n) is 15.5. The minimum atomic E-state index is 0.689. The Morgan fingerprint density at radius 1 is 1.04 bits per heavy atom. The molecule has 0 saturated heterocycles. The van der Waals surface area contributed by atoms with Gasteiger partial charge in [-0.05, 0) is 61.4 Å². The summed E-state index contributed by atoms with van der Waals surface area (Å²) in [7, 11) is 0. The van der Waals surface area contributed by atoms with Gasteiger partial charge in [0.05, 0.1) is 22.9 Å². The quantitative estimate of drug-likeness (QED) is 0.397. The molecule has 5 aromatic rings. The molecule has 0 fully saturated rings. The minimum Gasteiger partial charge on any atom is -0.398 e. The number of aryl methyl sites for hydroxylation is 1. The Morgan fingerprint density at radius 3 is 2.68 bits per heavy atom. The number of nitrogen functional groups attached to an aromatic ring is 1. The molecule has 5 nitrogen and oxygen atoms in total. The van der Waals surface area contributed by atoms with Crippen LogP contribution in [0.5, 0.6) is 0 Å². The first-order chi connectivity index (χ1) is 13.5. The molecule has 0 aliphatic rings. The lowest BCUT2D eigenvalue weighted by Crippen LogP contribution is -2.02. The highest BCUT2D eigenvalue weighted by Gasteiger charge is 2.16. The molecule has 0 saturated carbocycles.